The monoisotopic (exact) mass is 154 g/mol. The second kappa shape index (κ2) is 6.17. The Morgan fingerprint density at radius 2 is 2.18 bits per heavy atom. The Hall–Kier alpha value is -0.560. The minimum atomic E-state index is -0.213. The van der Waals surface area contributed by atoms with E-state index in [1.807, 2.05) is 13.0 Å². The maximum atomic E-state index is 9.02. The van der Waals surface area contributed by atoms with Crippen molar-refractivity contribution in [1.82, 2.24) is 0 Å². The van der Waals surface area contributed by atoms with Gasteiger partial charge in [-0.25, -0.2) is 0 Å². The summed E-state index contributed by atoms with van der Waals surface area (Å²) in [5.41, 5.74) is 1.27. The van der Waals surface area contributed by atoms with Gasteiger partial charge in [-0.2, -0.15) is 0 Å². The fourth-order valence-electron chi connectivity index (χ4n) is 0.997. The van der Waals surface area contributed by atoms with Gasteiger partial charge in [-0.05, 0) is 33.1 Å². The lowest BCUT2D eigenvalue weighted by molar-refractivity contribution is 0.195. The molecule has 0 rings (SSSR count). The molecular weight excluding hydrogens is 136 g/mol. The van der Waals surface area contributed by atoms with Gasteiger partial charge < -0.3 is 5.11 Å². The van der Waals surface area contributed by atoms with Crippen molar-refractivity contribution in [3.05, 3.63) is 24.3 Å². The van der Waals surface area contributed by atoms with E-state index in [1.165, 1.54) is 5.57 Å². The summed E-state index contributed by atoms with van der Waals surface area (Å²) in [7, 11) is 0. The van der Waals surface area contributed by atoms with E-state index in [4.69, 9.17) is 5.11 Å². The van der Waals surface area contributed by atoms with E-state index in [0.29, 0.717) is 0 Å². The topological polar surface area (TPSA) is 20.2 Å². The van der Waals surface area contributed by atoms with Crippen molar-refractivity contribution >= 4 is 0 Å². The predicted octanol–water partition coefficient (Wildman–Crippen LogP) is 2.67. The first kappa shape index (κ1) is 10.4. The molecule has 0 amide bonds. The van der Waals surface area contributed by atoms with Gasteiger partial charge in [0.15, 0.2) is 0 Å². The lowest BCUT2D eigenvalue weighted by Crippen LogP contribution is -1.99. The number of unbranched alkanes of at least 4 members (excludes halogenated alkanes) is 1. The van der Waals surface area contributed by atoms with Gasteiger partial charge in [0.2, 0.25) is 0 Å². The molecule has 0 heterocycles. The van der Waals surface area contributed by atoms with Gasteiger partial charge in [0, 0.05) is 0 Å². The van der Waals surface area contributed by atoms with Crippen LogP contribution in [0, 0.1) is 0 Å². The maximum Gasteiger partial charge on any atom is 0.0549 e. The van der Waals surface area contributed by atoms with E-state index in [2.05, 4.69) is 19.6 Å². The first-order valence-electron chi connectivity index (χ1n) is 4.11. The van der Waals surface area contributed by atoms with Gasteiger partial charge in [0.25, 0.3) is 0 Å². The first-order valence-corrected chi connectivity index (χ1v) is 4.11. The molecule has 1 atom stereocenters. The molecule has 0 aliphatic heterocycles. The highest BCUT2D eigenvalue weighted by molar-refractivity contribution is 4.99. The molecule has 0 aromatic heterocycles. The molecule has 0 saturated carbocycles. The molecule has 1 N–H and O–H groups in total. The summed E-state index contributed by atoms with van der Waals surface area (Å²) >= 11 is 0. The molecule has 1 heteroatoms. The summed E-state index contributed by atoms with van der Waals surface area (Å²) in [5.74, 6) is 0. The van der Waals surface area contributed by atoms with Crippen LogP contribution in [-0.4, -0.2) is 11.2 Å². The van der Waals surface area contributed by atoms with Crippen molar-refractivity contribution in [3.63, 3.8) is 0 Å². The Kier molecular flexibility index (Phi) is 5.86. The average molecular weight is 154 g/mol. The Labute approximate surface area is 69.4 Å². The lowest BCUT2D eigenvalue weighted by Gasteiger charge is -2.03. The average Bonchev–Trinajstić information content (AvgIpc) is 1.86. The third-order valence-corrected chi connectivity index (χ3v) is 1.48. The highest BCUT2D eigenvalue weighted by atomic mass is 16.3. The van der Waals surface area contributed by atoms with Crippen LogP contribution < -0.4 is 0 Å². The maximum absolute atomic E-state index is 9.02. The highest BCUT2D eigenvalue weighted by Crippen LogP contribution is 2.06. The van der Waals surface area contributed by atoms with Gasteiger partial charge in [0.05, 0.1) is 6.10 Å². The zero-order valence-electron chi connectivity index (χ0n) is 7.51. The van der Waals surface area contributed by atoms with Crippen molar-refractivity contribution in [2.75, 3.05) is 0 Å². The summed E-state index contributed by atoms with van der Waals surface area (Å²) < 4.78 is 0. The molecule has 11 heavy (non-hydrogen) atoms. The van der Waals surface area contributed by atoms with Crippen molar-refractivity contribution in [2.24, 2.45) is 0 Å². The van der Waals surface area contributed by atoms with Gasteiger partial charge in [-0.1, -0.05) is 17.7 Å². The Morgan fingerprint density at radius 1 is 1.55 bits per heavy atom. The number of hydrogen-bond acceptors (Lipinski definition) is 1. The Bertz CT molecular complexity index is 134. The Balaban J connectivity index is 3.53. The molecule has 1 unspecified atom stereocenters. The molecule has 0 aromatic carbocycles. The second-order valence-electron chi connectivity index (χ2n) is 2.97. The summed E-state index contributed by atoms with van der Waals surface area (Å²) in [4.78, 5) is 0. The molecule has 64 valence electrons. The fourth-order valence-corrected chi connectivity index (χ4v) is 0.997. The molecule has 1 nitrogen and oxygen atoms in total. The number of hydrogen-bond donors (Lipinski definition) is 1. The predicted molar refractivity (Wildman–Crippen MR) is 49.5 cm³/mol. The molecule has 0 aliphatic rings. The number of aliphatic hydroxyl groups excluding tert-OH is 1. The van der Waals surface area contributed by atoms with Crippen molar-refractivity contribution in [2.45, 2.75) is 39.2 Å². The van der Waals surface area contributed by atoms with Crippen LogP contribution in [0.1, 0.15) is 33.1 Å². The smallest absolute Gasteiger partial charge is 0.0549 e. The lowest BCUT2D eigenvalue weighted by atomic mass is 10.1. The van der Waals surface area contributed by atoms with Crippen LogP contribution in [0.3, 0.4) is 0 Å². The Morgan fingerprint density at radius 3 is 2.64 bits per heavy atom. The summed E-state index contributed by atoms with van der Waals surface area (Å²) in [6.45, 7) is 7.50. The quantitative estimate of drug-likeness (QED) is 0.477. The van der Waals surface area contributed by atoms with Crippen LogP contribution in [-0.2, 0) is 0 Å². The standard InChI is InChI=1S/C10H18O/c1-4-5-6-7-9(2)8-10(3)11/h4,7,10-11H,1,5-6,8H2,2-3H3/b9-7+. The van der Waals surface area contributed by atoms with Gasteiger partial charge in [-0.3, -0.25) is 0 Å². The third-order valence-electron chi connectivity index (χ3n) is 1.48. The van der Waals surface area contributed by atoms with E-state index < -0.39 is 0 Å². The minimum Gasteiger partial charge on any atom is -0.393 e. The second-order valence-corrected chi connectivity index (χ2v) is 2.97. The van der Waals surface area contributed by atoms with Gasteiger partial charge >= 0.3 is 0 Å². The minimum absolute atomic E-state index is 0.213. The summed E-state index contributed by atoms with van der Waals surface area (Å²) in [5, 5.41) is 9.02. The van der Waals surface area contributed by atoms with E-state index in [0.717, 1.165) is 19.3 Å². The van der Waals surface area contributed by atoms with Crippen LogP contribution in [0.5, 0.6) is 0 Å². The van der Waals surface area contributed by atoms with E-state index >= 15 is 0 Å². The molecule has 0 fully saturated rings. The van der Waals surface area contributed by atoms with Crippen molar-refractivity contribution < 1.29 is 5.11 Å². The van der Waals surface area contributed by atoms with E-state index in [-0.39, 0.29) is 6.10 Å². The summed E-state index contributed by atoms with van der Waals surface area (Å²) in [6.07, 6.45) is 6.71. The number of aliphatic hydroxyl groups is 1. The van der Waals surface area contributed by atoms with Crippen LogP contribution in [0.25, 0.3) is 0 Å². The van der Waals surface area contributed by atoms with Crippen LogP contribution in [0.2, 0.25) is 0 Å². The third kappa shape index (κ3) is 7.34. The van der Waals surface area contributed by atoms with Crippen LogP contribution in [0.15, 0.2) is 24.3 Å². The molecule has 0 radical (unpaired) electrons. The van der Waals surface area contributed by atoms with Crippen molar-refractivity contribution in [3.8, 4) is 0 Å². The largest absolute Gasteiger partial charge is 0.393 e. The summed E-state index contributed by atoms with van der Waals surface area (Å²) in [6, 6.07) is 0. The molecule has 0 aromatic rings. The van der Waals surface area contributed by atoms with Crippen molar-refractivity contribution in [1.29, 1.82) is 0 Å². The normalized spacial score (nSPS) is 14.6. The van der Waals surface area contributed by atoms with E-state index in [9.17, 15) is 0 Å². The zero-order valence-corrected chi connectivity index (χ0v) is 7.51. The molecule has 0 saturated heterocycles. The zero-order chi connectivity index (χ0) is 8.69. The fraction of sp³-hybridized carbons (Fsp3) is 0.600. The molecular formula is C10H18O. The first-order chi connectivity index (χ1) is 5.16. The number of allylic oxidation sites excluding steroid dienone is 2. The molecule has 0 spiro atoms. The SMILES string of the molecule is C=CCC/C=C(\C)CC(C)O. The van der Waals surface area contributed by atoms with Gasteiger partial charge in [-0.15, -0.1) is 6.58 Å². The van der Waals surface area contributed by atoms with Crippen LogP contribution in [0.4, 0.5) is 0 Å². The molecule has 0 aliphatic carbocycles. The van der Waals surface area contributed by atoms with Crippen LogP contribution >= 0.6 is 0 Å². The number of rotatable bonds is 5. The molecule has 0 bridgehead atoms. The highest BCUT2D eigenvalue weighted by Gasteiger charge is 1.95. The van der Waals surface area contributed by atoms with E-state index in [1.54, 1.807) is 0 Å². The van der Waals surface area contributed by atoms with Gasteiger partial charge in [0.1, 0.15) is 0 Å².